The van der Waals surface area contributed by atoms with Crippen LogP contribution in [0.3, 0.4) is 0 Å². The molecule has 4 nitrogen and oxygen atoms in total. The van der Waals surface area contributed by atoms with E-state index in [4.69, 9.17) is 9.97 Å². The highest BCUT2D eigenvalue weighted by molar-refractivity contribution is 7.99. The van der Waals surface area contributed by atoms with Crippen molar-refractivity contribution in [2.45, 2.75) is 9.79 Å². The van der Waals surface area contributed by atoms with Crippen molar-refractivity contribution in [2.75, 3.05) is 0 Å². The van der Waals surface area contributed by atoms with Crippen LogP contribution in [0.5, 0.6) is 0 Å². The summed E-state index contributed by atoms with van der Waals surface area (Å²) >= 11 is 1.80. The Balaban J connectivity index is 1.13. The molecular weight excluding hydrogens is 569 g/mol. The molecule has 0 saturated carbocycles. The Labute approximate surface area is 263 Å². The van der Waals surface area contributed by atoms with E-state index in [9.17, 15) is 0 Å². The smallest absolute Gasteiger partial charge is 0.160 e. The van der Waals surface area contributed by atoms with E-state index >= 15 is 0 Å². The quantitative estimate of drug-likeness (QED) is 0.205. The fourth-order valence-electron chi connectivity index (χ4n) is 6.88. The number of hydrogen-bond acceptors (Lipinski definition) is 3. The Kier molecular flexibility index (Phi) is 5.18. The summed E-state index contributed by atoms with van der Waals surface area (Å²) in [5, 5.41) is 4.83. The van der Waals surface area contributed by atoms with E-state index in [1.54, 1.807) is 11.8 Å². The maximum absolute atomic E-state index is 5.16. The molecule has 210 valence electrons. The van der Waals surface area contributed by atoms with E-state index in [2.05, 4.69) is 155 Å². The van der Waals surface area contributed by atoms with Gasteiger partial charge in [-0.2, -0.15) is 0 Å². The molecule has 0 N–H and O–H groups in total. The molecule has 0 atom stereocenters. The molecule has 1 aliphatic heterocycles. The molecule has 3 aromatic heterocycles. The average Bonchev–Trinajstić information content (AvgIpc) is 3.66. The van der Waals surface area contributed by atoms with Gasteiger partial charge in [0, 0.05) is 60.0 Å². The van der Waals surface area contributed by atoms with Gasteiger partial charge in [-0.1, -0.05) is 72.4 Å². The largest absolute Gasteiger partial charge is 0.317 e. The Morgan fingerprint density at radius 3 is 2.24 bits per heavy atom. The molecule has 9 aromatic rings. The minimum Gasteiger partial charge on any atom is -0.317 e. The summed E-state index contributed by atoms with van der Waals surface area (Å²) in [7, 11) is 0. The second kappa shape index (κ2) is 9.42. The van der Waals surface area contributed by atoms with Gasteiger partial charge in [0.05, 0.1) is 27.8 Å². The highest BCUT2D eigenvalue weighted by atomic mass is 32.2. The summed E-state index contributed by atoms with van der Waals surface area (Å²) in [6, 6.07) is 49.7. The highest BCUT2D eigenvalue weighted by Gasteiger charge is 2.22. The molecule has 0 spiro atoms. The van der Waals surface area contributed by atoms with Gasteiger partial charge in [-0.15, -0.1) is 0 Å². The first-order chi connectivity index (χ1) is 22.3. The Bertz CT molecular complexity index is 2610. The second-order valence-corrected chi connectivity index (χ2v) is 12.6. The van der Waals surface area contributed by atoms with E-state index in [0.29, 0.717) is 0 Å². The van der Waals surface area contributed by atoms with E-state index < -0.39 is 0 Å². The molecule has 5 heteroatoms. The first-order valence-electron chi connectivity index (χ1n) is 15.1. The first-order valence-corrected chi connectivity index (χ1v) is 15.9. The summed E-state index contributed by atoms with van der Waals surface area (Å²) in [5.74, 6) is 0.745. The van der Waals surface area contributed by atoms with Crippen molar-refractivity contribution in [1.29, 1.82) is 0 Å². The summed E-state index contributed by atoms with van der Waals surface area (Å²) < 4.78 is 4.64. The zero-order valence-electron chi connectivity index (χ0n) is 24.1. The molecule has 0 aliphatic carbocycles. The Hall–Kier alpha value is -5.65. The number of para-hydroxylation sites is 2. The second-order valence-electron chi connectivity index (χ2n) is 11.5. The molecule has 0 fully saturated rings. The number of benzene rings is 6. The lowest BCUT2D eigenvalue weighted by atomic mass is 10.0. The highest BCUT2D eigenvalue weighted by Crippen LogP contribution is 2.47. The van der Waals surface area contributed by atoms with Gasteiger partial charge in [-0.3, -0.25) is 0 Å². The molecule has 4 heterocycles. The fraction of sp³-hybridized carbons (Fsp3) is 0. The van der Waals surface area contributed by atoms with Gasteiger partial charge < -0.3 is 9.13 Å². The zero-order valence-corrected chi connectivity index (χ0v) is 24.9. The lowest BCUT2D eigenvalue weighted by Crippen LogP contribution is -2.00. The van der Waals surface area contributed by atoms with Crippen LogP contribution in [0.25, 0.3) is 77.6 Å². The van der Waals surface area contributed by atoms with Crippen molar-refractivity contribution in [1.82, 2.24) is 19.1 Å². The van der Waals surface area contributed by atoms with Gasteiger partial charge in [0.15, 0.2) is 5.82 Å². The summed E-state index contributed by atoms with van der Waals surface area (Å²) in [6.07, 6.45) is 2.16. The van der Waals surface area contributed by atoms with Gasteiger partial charge in [-0.05, 0) is 78.9 Å². The molecule has 1 aliphatic rings. The van der Waals surface area contributed by atoms with E-state index in [-0.39, 0.29) is 0 Å². The summed E-state index contributed by atoms with van der Waals surface area (Å²) in [6.45, 7) is 0. The lowest BCUT2D eigenvalue weighted by molar-refractivity contribution is 1.13. The third-order valence-corrected chi connectivity index (χ3v) is 10.1. The van der Waals surface area contributed by atoms with Crippen LogP contribution in [0.15, 0.2) is 156 Å². The number of hydrogen-bond donors (Lipinski definition) is 0. The predicted molar refractivity (Wildman–Crippen MR) is 186 cm³/mol. The van der Waals surface area contributed by atoms with Crippen LogP contribution in [0.1, 0.15) is 0 Å². The van der Waals surface area contributed by atoms with Gasteiger partial charge >= 0.3 is 0 Å². The first kappa shape index (κ1) is 24.8. The predicted octanol–water partition coefficient (Wildman–Crippen LogP) is 10.5. The minimum absolute atomic E-state index is 0.745. The molecule has 0 amide bonds. The SMILES string of the molecule is c1ccc(-n2ccc3cc4c(cc32)c2ccccc2n4-c2ccc(-c3nc4c5c(cccc5n3)Sc3ccccc3-4)cc2)cc1. The molecule has 10 rings (SSSR count). The van der Waals surface area contributed by atoms with Gasteiger partial charge in [-0.25, -0.2) is 9.97 Å². The van der Waals surface area contributed by atoms with Crippen LogP contribution in [0.4, 0.5) is 0 Å². The maximum Gasteiger partial charge on any atom is 0.160 e. The van der Waals surface area contributed by atoms with Gasteiger partial charge in [0.2, 0.25) is 0 Å². The number of rotatable bonds is 3. The molecular formula is C40H24N4S. The average molecular weight is 593 g/mol. The van der Waals surface area contributed by atoms with Crippen LogP contribution in [-0.2, 0) is 0 Å². The number of nitrogens with zero attached hydrogens (tertiary/aromatic N) is 4. The molecule has 45 heavy (non-hydrogen) atoms. The van der Waals surface area contributed by atoms with Crippen LogP contribution < -0.4 is 0 Å². The van der Waals surface area contributed by atoms with Crippen molar-refractivity contribution in [3.63, 3.8) is 0 Å². The standard InChI is InChI=1S/C40H24N4S/c1-2-9-27(10-3-1)43-22-21-26-23-35-31(24-34(26)43)29-11-4-6-14-33(29)44(35)28-19-17-25(18-20-28)40-41-32-13-8-16-37-38(32)39(42-40)30-12-5-7-15-36(30)45-37/h1-24H. The normalized spacial score (nSPS) is 12.4. The number of aromatic nitrogens is 4. The molecule has 0 saturated heterocycles. The van der Waals surface area contributed by atoms with Crippen LogP contribution in [-0.4, -0.2) is 19.1 Å². The maximum atomic E-state index is 5.16. The molecule has 0 bridgehead atoms. The molecule has 0 unspecified atom stereocenters. The van der Waals surface area contributed by atoms with E-state index in [1.807, 2.05) is 0 Å². The lowest BCUT2D eigenvalue weighted by Gasteiger charge is -2.19. The van der Waals surface area contributed by atoms with Gasteiger partial charge in [0.25, 0.3) is 0 Å². The topological polar surface area (TPSA) is 35.6 Å². The minimum atomic E-state index is 0.745. The van der Waals surface area contributed by atoms with E-state index in [1.165, 1.54) is 48.1 Å². The Morgan fingerprint density at radius 1 is 0.533 bits per heavy atom. The summed E-state index contributed by atoms with van der Waals surface area (Å²) in [4.78, 5) is 12.6. The van der Waals surface area contributed by atoms with Crippen molar-refractivity contribution in [3.8, 4) is 34.0 Å². The van der Waals surface area contributed by atoms with Crippen LogP contribution >= 0.6 is 11.8 Å². The third kappa shape index (κ3) is 3.68. The van der Waals surface area contributed by atoms with Crippen molar-refractivity contribution >= 4 is 55.4 Å². The van der Waals surface area contributed by atoms with Crippen molar-refractivity contribution in [2.24, 2.45) is 0 Å². The fourth-order valence-corrected chi connectivity index (χ4v) is 7.99. The van der Waals surface area contributed by atoms with Crippen molar-refractivity contribution in [3.05, 3.63) is 146 Å². The third-order valence-electron chi connectivity index (χ3n) is 8.95. The van der Waals surface area contributed by atoms with Crippen LogP contribution in [0, 0.1) is 0 Å². The van der Waals surface area contributed by atoms with Crippen LogP contribution in [0.2, 0.25) is 0 Å². The zero-order chi connectivity index (χ0) is 29.5. The Morgan fingerprint density at radius 2 is 1.33 bits per heavy atom. The molecule has 0 radical (unpaired) electrons. The van der Waals surface area contributed by atoms with Crippen molar-refractivity contribution < 1.29 is 0 Å². The monoisotopic (exact) mass is 592 g/mol. The molecule has 6 aromatic carbocycles. The number of fused-ring (bicyclic) bond motifs is 6. The van der Waals surface area contributed by atoms with E-state index in [0.717, 1.165) is 39.4 Å². The summed E-state index contributed by atoms with van der Waals surface area (Å²) in [5.41, 5.74) is 10.0. The van der Waals surface area contributed by atoms with Gasteiger partial charge in [0.1, 0.15) is 0 Å².